The van der Waals surface area contributed by atoms with Crippen LogP contribution in [-0.4, -0.2) is 23.4 Å². The molecule has 2 N–H and O–H groups in total. The van der Waals surface area contributed by atoms with Crippen LogP contribution in [0.1, 0.15) is 32.4 Å². The maximum absolute atomic E-state index is 11.7. The summed E-state index contributed by atoms with van der Waals surface area (Å²) in [5.74, 6) is 0. The summed E-state index contributed by atoms with van der Waals surface area (Å²) in [6.07, 6.45) is -0.576. The van der Waals surface area contributed by atoms with Gasteiger partial charge in [-0.05, 0) is 38.5 Å². The number of aliphatic hydroxyl groups is 1. The Morgan fingerprint density at radius 2 is 2.16 bits per heavy atom. The van der Waals surface area contributed by atoms with E-state index in [0.29, 0.717) is 5.02 Å². The fourth-order valence-electron chi connectivity index (χ4n) is 1.46. The summed E-state index contributed by atoms with van der Waals surface area (Å²) in [6, 6.07) is 4.59. The Morgan fingerprint density at radius 1 is 1.53 bits per heavy atom. The van der Waals surface area contributed by atoms with Gasteiger partial charge in [0, 0.05) is 9.50 Å². The van der Waals surface area contributed by atoms with E-state index in [9.17, 15) is 9.90 Å². The number of rotatable bonds is 3. The molecule has 0 aliphatic carbocycles. The summed E-state index contributed by atoms with van der Waals surface area (Å²) in [7, 11) is 0. The SMILES string of the molecule is CC(C)(C)OC(=O)N[C@H](CO)c1ccc(Cl)cc1Br. The van der Waals surface area contributed by atoms with Gasteiger partial charge in [0.15, 0.2) is 0 Å². The highest BCUT2D eigenvalue weighted by atomic mass is 79.9. The predicted octanol–water partition coefficient (Wildman–Crippen LogP) is 3.66. The zero-order chi connectivity index (χ0) is 14.6. The van der Waals surface area contributed by atoms with E-state index in [0.717, 1.165) is 10.0 Å². The third kappa shape index (κ3) is 5.38. The van der Waals surface area contributed by atoms with Gasteiger partial charge >= 0.3 is 6.09 Å². The van der Waals surface area contributed by atoms with E-state index < -0.39 is 17.7 Å². The molecule has 0 saturated carbocycles. The van der Waals surface area contributed by atoms with Gasteiger partial charge in [0.1, 0.15) is 5.60 Å². The first kappa shape index (κ1) is 16.3. The van der Waals surface area contributed by atoms with Crippen LogP contribution in [0, 0.1) is 0 Å². The van der Waals surface area contributed by atoms with Crippen molar-refractivity contribution in [1.29, 1.82) is 0 Å². The quantitative estimate of drug-likeness (QED) is 0.874. The van der Waals surface area contributed by atoms with Crippen molar-refractivity contribution in [3.63, 3.8) is 0 Å². The molecule has 0 aliphatic rings. The van der Waals surface area contributed by atoms with Gasteiger partial charge in [0.2, 0.25) is 0 Å². The highest BCUT2D eigenvalue weighted by molar-refractivity contribution is 9.10. The summed E-state index contributed by atoms with van der Waals surface area (Å²) in [5, 5.41) is 12.6. The number of amides is 1. The Hall–Kier alpha value is -0.780. The molecule has 0 aliphatic heterocycles. The van der Waals surface area contributed by atoms with Crippen molar-refractivity contribution in [3.05, 3.63) is 33.3 Å². The van der Waals surface area contributed by atoms with Crippen molar-refractivity contribution in [2.75, 3.05) is 6.61 Å². The molecule has 0 bridgehead atoms. The molecule has 1 rings (SSSR count). The minimum atomic E-state index is -0.582. The maximum Gasteiger partial charge on any atom is 0.408 e. The number of halogens is 2. The molecule has 0 saturated heterocycles. The van der Waals surface area contributed by atoms with Gasteiger partial charge in [-0.25, -0.2) is 4.79 Å². The molecule has 19 heavy (non-hydrogen) atoms. The van der Waals surface area contributed by atoms with Crippen LogP contribution in [-0.2, 0) is 4.74 Å². The van der Waals surface area contributed by atoms with E-state index in [1.807, 2.05) is 0 Å². The molecule has 1 atom stereocenters. The highest BCUT2D eigenvalue weighted by Gasteiger charge is 2.21. The van der Waals surface area contributed by atoms with Crippen molar-refractivity contribution in [2.45, 2.75) is 32.4 Å². The monoisotopic (exact) mass is 349 g/mol. The number of ether oxygens (including phenoxy) is 1. The highest BCUT2D eigenvalue weighted by Crippen LogP contribution is 2.26. The van der Waals surface area contributed by atoms with Crippen LogP contribution >= 0.6 is 27.5 Å². The molecule has 1 amide bonds. The molecule has 6 heteroatoms. The third-order valence-corrected chi connectivity index (χ3v) is 3.13. The van der Waals surface area contributed by atoms with Gasteiger partial charge in [-0.2, -0.15) is 0 Å². The predicted molar refractivity (Wildman–Crippen MR) is 78.3 cm³/mol. The Balaban J connectivity index is 2.81. The number of hydrogen-bond acceptors (Lipinski definition) is 3. The Bertz CT molecular complexity index is 460. The lowest BCUT2D eigenvalue weighted by Gasteiger charge is -2.23. The Kier molecular flexibility index (Phi) is 5.64. The molecule has 106 valence electrons. The Morgan fingerprint density at radius 3 is 2.63 bits per heavy atom. The van der Waals surface area contributed by atoms with Crippen molar-refractivity contribution >= 4 is 33.6 Å². The number of carbonyl (C=O) groups excluding carboxylic acids is 1. The summed E-state index contributed by atoms with van der Waals surface area (Å²) >= 11 is 9.21. The lowest BCUT2D eigenvalue weighted by molar-refractivity contribution is 0.0481. The first-order chi connectivity index (χ1) is 8.73. The standard InChI is InChI=1S/C13H17BrClNO3/c1-13(2,3)19-12(18)16-11(7-17)9-5-4-8(15)6-10(9)14/h4-6,11,17H,7H2,1-3H3,(H,16,18)/t11-/m1/s1. The second-order valence-electron chi connectivity index (χ2n) is 5.05. The minimum absolute atomic E-state index is 0.237. The van der Waals surface area contributed by atoms with Gasteiger partial charge in [-0.15, -0.1) is 0 Å². The van der Waals surface area contributed by atoms with E-state index in [4.69, 9.17) is 16.3 Å². The average molecular weight is 351 g/mol. The van der Waals surface area contributed by atoms with Crippen molar-refractivity contribution in [3.8, 4) is 0 Å². The van der Waals surface area contributed by atoms with Gasteiger partial charge in [-0.1, -0.05) is 33.6 Å². The van der Waals surface area contributed by atoms with E-state index >= 15 is 0 Å². The second-order valence-corrected chi connectivity index (χ2v) is 6.34. The number of aliphatic hydroxyl groups excluding tert-OH is 1. The fourth-order valence-corrected chi connectivity index (χ4v) is 2.41. The molecule has 4 nitrogen and oxygen atoms in total. The molecule has 0 fully saturated rings. The molecule has 0 heterocycles. The molecule has 0 spiro atoms. The van der Waals surface area contributed by atoms with Crippen molar-refractivity contribution in [2.24, 2.45) is 0 Å². The molecule has 0 radical (unpaired) electrons. The smallest absolute Gasteiger partial charge is 0.408 e. The summed E-state index contributed by atoms with van der Waals surface area (Å²) in [4.78, 5) is 11.7. The van der Waals surface area contributed by atoms with Crippen LogP contribution in [0.15, 0.2) is 22.7 Å². The molecule has 1 aromatic carbocycles. The van der Waals surface area contributed by atoms with E-state index in [1.165, 1.54) is 0 Å². The van der Waals surface area contributed by atoms with Crippen LogP contribution < -0.4 is 5.32 Å². The molecular weight excluding hydrogens is 334 g/mol. The number of alkyl carbamates (subject to hydrolysis) is 1. The van der Waals surface area contributed by atoms with Gasteiger partial charge in [0.05, 0.1) is 12.6 Å². The topological polar surface area (TPSA) is 58.6 Å². The summed E-state index contributed by atoms with van der Waals surface area (Å²) < 4.78 is 5.87. The van der Waals surface area contributed by atoms with Crippen LogP contribution in [0.4, 0.5) is 4.79 Å². The van der Waals surface area contributed by atoms with Crippen LogP contribution in [0.2, 0.25) is 5.02 Å². The first-order valence-corrected chi connectivity index (χ1v) is 6.95. The van der Waals surface area contributed by atoms with Gasteiger partial charge in [-0.3, -0.25) is 0 Å². The zero-order valence-electron chi connectivity index (χ0n) is 11.0. The van der Waals surface area contributed by atoms with Crippen LogP contribution in [0.3, 0.4) is 0 Å². The van der Waals surface area contributed by atoms with E-state index in [1.54, 1.807) is 39.0 Å². The molecular formula is C13H17BrClNO3. The Labute approximate surface area is 126 Å². The number of hydrogen-bond donors (Lipinski definition) is 2. The summed E-state index contributed by atoms with van der Waals surface area (Å²) in [6.45, 7) is 5.09. The number of nitrogens with one attached hydrogen (secondary N) is 1. The normalized spacial score (nSPS) is 12.9. The van der Waals surface area contributed by atoms with Crippen molar-refractivity contribution < 1.29 is 14.6 Å². The van der Waals surface area contributed by atoms with E-state index in [-0.39, 0.29) is 6.61 Å². The van der Waals surface area contributed by atoms with Crippen molar-refractivity contribution in [1.82, 2.24) is 5.32 Å². The first-order valence-electron chi connectivity index (χ1n) is 5.78. The van der Waals surface area contributed by atoms with Crippen LogP contribution in [0.5, 0.6) is 0 Å². The summed E-state index contributed by atoms with van der Waals surface area (Å²) in [5.41, 5.74) is 0.152. The lowest BCUT2D eigenvalue weighted by Crippen LogP contribution is -2.36. The fraction of sp³-hybridized carbons (Fsp3) is 0.462. The van der Waals surface area contributed by atoms with Crippen LogP contribution in [0.25, 0.3) is 0 Å². The zero-order valence-corrected chi connectivity index (χ0v) is 13.4. The molecule has 0 aromatic heterocycles. The largest absolute Gasteiger partial charge is 0.444 e. The van der Waals surface area contributed by atoms with Gasteiger partial charge in [0.25, 0.3) is 0 Å². The van der Waals surface area contributed by atoms with E-state index in [2.05, 4.69) is 21.2 Å². The number of carbonyl (C=O) groups is 1. The average Bonchev–Trinajstić information content (AvgIpc) is 2.24. The van der Waals surface area contributed by atoms with Gasteiger partial charge < -0.3 is 15.2 Å². The molecule has 0 unspecified atom stereocenters. The second kappa shape index (κ2) is 6.59. The molecule has 1 aromatic rings. The lowest BCUT2D eigenvalue weighted by atomic mass is 10.1. The third-order valence-electron chi connectivity index (χ3n) is 2.21. The number of benzene rings is 1. The minimum Gasteiger partial charge on any atom is -0.444 e. The maximum atomic E-state index is 11.7.